The molecule has 11 heteroatoms. The van der Waals surface area contributed by atoms with Crippen molar-refractivity contribution in [3.63, 3.8) is 0 Å². The summed E-state index contributed by atoms with van der Waals surface area (Å²) in [5, 5.41) is 6.89. The molecule has 0 atom stereocenters. The van der Waals surface area contributed by atoms with Crippen LogP contribution < -0.4 is 25.7 Å². The molecule has 1 heterocycles. The van der Waals surface area contributed by atoms with Gasteiger partial charge in [0.05, 0.1) is 41.6 Å². The molecule has 4 aromatic rings. The average Bonchev–Trinajstić information content (AvgIpc) is 2.96. The SMILES string of the molecule is COc1ccc(CCNC(=O)CCn2c(SCC(=O)Nc3ccccc3Cl)nc3ccccc3c2=O)cc1OC. The highest BCUT2D eigenvalue weighted by Gasteiger charge is 2.15. The molecule has 208 valence electrons. The van der Waals surface area contributed by atoms with Gasteiger partial charge in [-0.15, -0.1) is 0 Å². The number of para-hydroxylation sites is 2. The number of carbonyl (C=O) groups is 2. The van der Waals surface area contributed by atoms with Gasteiger partial charge < -0.3 is 20.1 Å². The lowest BCUT2D eigenvalue weighted by Gasteiger charge is -2.14. The largest absolute Gasteiger partial charge is 0.493 e. The second kappa shape index (κ2) is 13.9. The van der Waals surface area contributed by atoms with Crippen LogP contribution in [0.25, 0.3) is 10.9 Å². The van der Waals surface area contributed by atoms with E-state index in [-0.39, 0.29) is 36.1 Å². The van der Waals surface area contributed by atoms with E-state index < -0.39 is 0 Å². The Morgan fingerprint density at radius 2 is 1.73 bits per heavy atom. The van der Waals surface area contributed by atoms with Crippen molar-refractivity contribution in [3.05, 3.63) is 87.7 Å². The number of hydrogen-bond donors (Lipinski definition) is 2. The number of benzene rings is 3. The fraction of sp³-hybridized carbons (Fsp3) is 0.241. The lowest BCUT2D eigenvalue weighted by molar-refractivity contribution is -0.121. The van der Waals surface area contributed by atoms with Crippen LogP contribution in [-0.4, -0.2) is 47.9 Å². The van der Waals surface area contributed by atoms with E-state index in [9.17, 15) is 14.4 Å². The standard InChI is InChI=1S/C29H29ClN4O5S/c1-38-24-12-11-19(17-25(24)39-2)13-15-31-26(35)14-16-34-28(37)20-7-3-5-9-22(20)33-29(34)40-18-27(36)32-23-10-6-4-8-21(23)30/h3-12,17H,13-16,18H2,1-2H3,(H,31,35)(H,32,36). The number of rotatable bonds is 12. The Bertz CT molecular complexity index is 1580. The molecule has 0 radical (unpaired) electrons. The van der Waals surface area contributed by atoms with Crippen LogP contribution in [0.5, 0.6) is 11.5 Å². The summed E-state index contributed by atoms with van der Waals surface area (Å²) in [5.74, 6) is 0.779. The molecule has 0 saturated carbocycles. The Morgan fingerprint density at radius 1 is 0.975 bits per heavy atom. The number of anilines is 1. The molecular formula is C29H29ClN4O5S. The van der Waals surface area contributed by atoms with Gasteiger partial charge in [-0.3, -0.25) is 19.0 Å². The third kappa shape index (κ3) is 7.34. The summed E-state index contributed by atoms with van der Waals surface area (Å²) in [5.41, 5.74) is 1.75. The topological polar surface area (TPSA) is 112 Å². The van der Waals surface area contributed by atoms with E-state index in [4.69, 9.17) is 21.1 Å². The quantitative estimate of drug-likeness (QED) is 0.187. The van der Waals surface area contributed by atoms with Crippen LogP contribution >= 0.6 is 23.4 Å². The fourth-order valence-electron chi connectivity index (χ4n) is 4.02. The number of nitrogens with zero attached hydrogens (tertiary/aromatic N) is 2. The third-order valence-electron chi connectivity index (χ3n) is 6.05. The van der Waals surface area contributed by atoms with Crippen LogP contribution in [0.1, 0.15) is 12.0 Å². The van der Waals surface area contributed by atoms with E-state index in [1.165, 1.54) is 4.57 Å². The van der Waals surface area contributed by atoms with Gasteiger partial charge in [-0.2, -0.15) is 0 Å². The Hall–Kier alpha value is -4.02. The monoisotopic (exact) mass is 580 g/mol. The van der Waals surface area contributed by atoms with Crippen LogP contribution in [0.15, 0.2) is 76.7 Å². The molecule has 2 amide bonds. The first-order valence-electron chi connectivity index (χ1n) is 12.5. The molecule has 9 nitrogen and oxygen atoms in total. The highest BCUT2D eigenvalue weighted by atomic mass is 35.5. The van der Waals surface area contributed by atoms with Crippen molar-refractivity contribution < 1.29 is 19.1 Å². The fourth-order valence-corrected chi connectivity index (χ4v) is 5.03. The van der Waals surface area contributed by atoms with E-state index in [1.807, 2.05) is 18.2 Å². The number of carbonyl (C=O) groups excluding carboxylic acids is 2. The van der Waals surface area contributed by atoms with Gasteiger partial charge >= 0.3 is 0 Å². The highest BCUT2D eigenvalue weighted by molar-refractivity contribution is 7.99. The number of nitrogens with one attached hydrogen (secondary N) is 2. The predicted molar refractivity (Wildman–Crippen MR) is 158 cm³/mol. The van der Waals surface area contributed by atoms with Gasteiger partial charge in [0.15, 0.2) is 16.7 Å². The zero-order chi connectivity index (χ0) is 28.5. The Labute approximate surface area is 240 Å². The number of hydrogen-bond acceptors (Lipinski definition) is 7. The molecule has 4 rings (SSSR count). The summed E-state index contributed by atoms with van der Waals surface area (Å²) in [6.45, 7) is 0.538. The van der Waals surface area contributed by atoms with Crippen molar-refractivity contribution in [2.45, 2.75) is 24.5 Å². The zero-order valence-corrected chi connectivity index (χ0v) is 23.7. The number of amides is 2. The van der Waals surface area contributed by atoms with Gasteiger partial charge in [0.2, 0.25) is 11.8 Å². The van der Waals surface area contributed by atoms with Gasteiger partial charge in [0.1, 0.15) is 0 Å². The van der Waals surface area contributed by atoms with Gasteiger partial charge in [-0.25, -0.2) is 4.98 Å². The number of fused-ring (bicyclic) bond motifs is 1. The van der Waals surface area contributed by atoms with E-state index >= 15 is 0 Å². The van der Waals surface area contributed by atoms with Crippen LogP contribution in [0.2, 0.25) is 5.02 Å². The molecule has 0 fully saturated rings. The third-order valence-corrected chi connectivity index (χ3v) is 7.36. The molecule has 1 aromatic heterocycles. The first-order valence-corrected chi connectivity index (χ1v) is 13.9. The lowest BCUT2D eigenvalue weighted by atomic mass is 10.1. The lowest BCUT2D eigenvalue weighted by Crippen LogP contribution is -2.30. The first-order chi connectivity index (χ1) is 19.4. The zero-order valence-electron chi connectivity index (χ0n) is 22.1. The van der Waals surface area contributed by atoms with Crippen LogP contribution in [0.3, 0.4) is 0 Å². The van der Waals surface area contributed by atoms with Crippen LogP contribution in [0.4, 0.5) is 5.69 Å². The first kappa shape index (κ1) is 29.0. The predicted octanol–water partition coefficient (Wildman–Crippen LogP) is 4.55. The minimum Gasteiger partial charge on any atom is -0.493 e. The smallest absolute Gasteiger partial charge is 0.262 e. The minimum absolute atomic E-state index is 0.00746. The Balaban J connectivity index is 1.40. The maximum atomic E-state index is 13.3. The minimum atomic E-state index is -0.292. The Kier molecular flexibility index (Phi) is 10.0. The molecule has 40 heavy (non-hydrogen) atoms. The second-order valence-electron chi connectivity index (χ2n) is 8.72. The number of aromatic nitrogens is 2. The van der Waals surface area contributed by atoms with Gasteiger partial charge in [-0.05, 0) is 48.4 Å². The van der Waals surface area contributed by atoms with E-state index in [2.05, 4.69) is 15.6 Å². The van der Waals surface area contributed by atoms with E-state index in [0.29, 0.717) is 51.2 Å². The molecule has 0 aliphatic carbocycles. The van der Waals surface area contributed by atoms with Crippen molar-refractivity contribution in [1.82, 2.24) is 14.9 Å². The normalized spacial score (nSPS) is 10.8. The number of thioether (sulfide) groups is 1. The van der Waals surface area contributed by atoms with Crippen molar-refractivity contribution in [2.24, 2.45) is 0 Å². The number of halogens is 1. The van der Waals surface area contributed by atoms with Crippen molar-refractivity contribution in [3.8, 4) is 11.5 Å². The molecule has 3 aromatic carbocycles. The highest BCUT2D eigenvalue weighted by Crippen LogP contribution is 2.27. The molecule has 2 N–H and O–H groups in total. The number of ether oxygens (including phenoxy) is 2. The number of methoxy groups -OCH3 is 2. The molecular weight excluding hydrogens is 552 g/mol. The van der Waals surface area contributed by atoms with Gasteiger partial charge in [0.25, 0.3) is 5.56 Å². The van der Waals surface area contributed by atoms with Crippen molar-refractivity contribution >= 4 is 51.8 Å². The maximum absolute atomic E-state index is 13.3. The molecule has 0 aliphatic heterocycles. The summed E-state index contributed by atoms with van der Waals surface area (Å²) in [7, 11) is 3.15. The van der Waals surface area contributed by atoms with Crippen LogP contribution in [-0.2, 0) is 22.6 Å². The molecule has 0 spiro atoms. The molecule has 0 bridgehead atoms. The summed E-state index contributed by atoms with van der Waals surface area (Å²) in [4.78, 5) is 43.1. The average molecular weight is 581 g/mol. The van der Waals surface area contributed by atoms with Crippen molar-refractivity contribution in [2.75, 3.05) is 31.8 Å². The second-order valence-corrected chi connectivity index (χ2v) is 10.1. The summed E-state index contributed by atoms with van der Waals surface area (Å²) in [6, 6.07) is 19.6. The van der Waals surface area contributed by atoms with Gasteiger partial charge in [-0.1, -0.05) is 53.7 Å². The Morgan fingerprint density at radius 3 is 2.50 bits per heavy atom. The summed E-state index contributed by atoms with van der Waals surface area (Å²) < 4.78 is 12.0. The summed E-state index contributed by atoms with van der Waals surface area (Å²) in [6.07, 6.45) is 0.677. The van der Waals surface area contributed by atoms with E-state index in [0.717, 1.165) is 17.3 Å². The van der Waals surface area contributed by atoms with Crippen molar-refractivity contribution in [1.29, 1.82) is 0 Å². The maximum Gasteiger partial charge on any atom is 0.262 e. The van der Waals surface area contributed by atoms with Gasteiger partial charge in [0, 0.05) is 19.5 Å². The molecule has 0 aliphatic rings. The van der Waals surface area contributed by atoms with Crippen LogP contribution in [0, 0.1) is 0 Å². The molecule has 0 unspecified atom stereocenters. The molecule has 0 saturated heterocycles. The van der Waals surface area contributed by atoms with E-state index in [1.54, 1.807) is 62.8 Å². The summed E-state index contributed by atoms with van der Waals surface area (Å²) >= 11 is 7.26.